The van der Waals surface area contributed by atoms with Crippen molar-refractivity contribution in [2.75, 3.05) is 10.6 Å². The second-order valence-corrected chi connectivity index (χ2v) is 6.33. The van der Waals surface area contributed by atoms with Gasteiger partial charge in [-0.15, -0.1) is 0 Å². The molecule has 0 aliphatic heterocycles. The van der Waals surface area contributed by atoms with Crippen LogP contribution in [0.2, 0.25) is 0 Å². The summed E-state index contributed by atoms with van der Waals surface area (Å²) in [5, 5.41) is 14.9. The van der Waals surface area contributed by atoms with Gasteiger partial charge >= 0.3 is 0 Å². The van der Waals surface area contributed by atoms with Gasteiger partial charge in [-0.1, -0.05) is 17.7 Å². The van der Waals surface area contributed by atoms with Crippen molar-refractivity contribution < 1.29 is 4.79 Å². The topological polar surface area (TPSA) is 90.7 Å². The maximum atomic E-state index is 12.6. The van der Waals surface area contributed by atoms with Gasteiger partial charge in [0.25, 0.3) is 5.91 Å². The lowest BCUT2D eigenvalue weighted by Crippen LogP contribution is -2.16. The Morgan fingerprint density at radius 3 is 2.30 bits per heavy atom. The van der Waals surface area contributed by atoms with E-state index in [0.29, 0.717) is 11.4 Å². The zero-order valence-corrected chi connectivity index (χ0v) is 15.4. The molecule has 134 valence electrons. The van der Waals surface area contributed by atoms with Crippen LogP contribution in [0.15, 0.2) is 48.8 Å². The second-order valence-electron chi connectivity index (χ2n) is 6.33. The number of benzene rings is 2. The Balaban J connectivity index is 1.78. The number of aromatic nitrogens is 2. The van der Waals surface area contributed by atoms with Crippen molar-refractivity contribution in [1.29, 1.82) is 5.26 Å². The lowest BCUT2D eigenvalue weighted by molar-refractivity contribution is 0.102. The van der Waals surface area contributed by atoms with Gasteiger partial charge in [-0.05, 0) is 56.2 Å². The number of amides is 1. The third-order valence-corrected chi connectivity index (χ3v) is 4.10. The van der Waals surface area contributed by atoms with E-state index >= 15 is 0 Å². The van der Waals surface area contributed by atoms with Crippen LogP contribution in [0.1, 0.15) is 32.7 Å². The van der Waals surface area contributed by atoms with Crippen molar-refractivity contribution in [2.45, 2.75) is 20.8 Å². The van der Waals surface area contributed by atoms with Gasteiger partial charge in [0, 0.05) is 17.4 Å². The van der Waals surface area contributed by atoms with E-state index in [1.54, 1.807) is 30.3 Å². The van der Waals surface area contributed by atoms with Gasteiger partial charge in [-0.2, -0.15) is 5.26 Å². The van der Waals surface area contributed by atoms with Crippen molar-refractivity contribution in [1.82, 2.24) is 9.97 Å². The average Bonchev–Trinajstić information content (AvgIpc) is 2.65. The largest absolute Gasteiger partial charge is 0.340 e. The molecule has 0 bridgehead atoms. The first kappa shape index (κ1) is 18.1. The molecule has 0 atom stereocenters. The van der Waals surface area contributed by atoms with Crippen molar-refractivity contribution in [2.24, 2.45) is 0 Å². The minimum Gasteiger partial charge on any atom is -0.340 e. The number of hydrogen-bond donors (Lipinski definition) is 2. The predicted octanol–water partition coefficient (Wildman–Crippen LogP) is 4.27. The number of nitrogens with one attached hydrogen (secondary N) is 2. The van der Waals surface area contributed by atoms with Crippen LogP contribution < -0.4 is 10.6 Å². The second kappa shape index (κ2) is 7.67. The molecule has 0 radical (unpaired) electrons. The maximum absolute atomic E-state index is 12.6. The van der Waals surface area contributed by atoms with Crippen LogP contribution >= 0.6 is 0 Å². The fourth-order valence-electron chi connectivity index (χ4n) is 2.88. The first-order valence-corrected chi connectivity index (χ1v) is 8.44. The highest BCUT2D eigenvalue weighted by Crippen LogP contribution is 2.23. The van der Waals surface area contributed by atoms with Crippen LogP contribution in [0.5, 0.6) is 0 Å². The van der Waals surface area contributed by atoms with E-state index in [0.717, 1.165) is 28.1 Å². The molecule has 1 heterocycles. The van der Waals surface area contributed by atoms with E-state index in [2.05, 4.69) is 26.7 Å². The van der Waals surface area contributed by atoms with Crippen LogP contribution in [-0.4, -0.2) is 15.9 Å². The van der Waals surface area contributed by atoms with E-state index in [4.69, 9.17) is 5.26 Å². The van der Waals surface area contributed by atoms with Gasteiger partial charge < -0.3 is 10.6 Å². The number of nitriles is 1. The van der Waals surface area contributed by atoms with Gasteiger partial charge in [-0.25, -0.2) is 9.97 Å². The van der Waals surface area contributed by atoms with E-state index in [-0.39, 0.29) is 11.6 Å². The van der Waals surface area contributed by atoms with Crippen molar-refractivity contribution >= 4 is 23.1 Å². The van der Waals surface area contributed by atoms with Crippen molar-refractivity contribution in [3.63, 3.8) is 0 Å². The van der Waals surface area contributed by atoms with E-state index in [1.165, 1.54) is 6.33 Å². The third kappa shape index (κ3) is 4.28. The highest BCUT2D eigenvalue weighted by atomic mass is 16.1. The van der Waals surface area contributed by atoms with Gasteiger partial charge in [0.1, 0.15) is 17.8 Å². The molecule has 0 saturated carbocycles. The molecule has 6 nitrogen and oxygen atoms in total. The highest BCUT2D eigenvalue weighted by molar-refractivity contribution is 6.04. The first-order valence-electron chi connectivity index (χ1n) is 8.44. The summed E-state index contributed by atoms with van der Waals surface area (Å²) in [5.74, 6) is 0.201. The first-order chi connectivity index (χ1) is 13.0. The van der Waals surface area contributed by atoms with Crippen LogP contribution in [0.4, 0.5) is 17.2 Å². The molecule has 3 aromatic rings. The van der Waals surface area contributed by atoms with Gasteiger partial charge in [0.15, 0.2) is 0 Å². The Morgan fingerprint density at radius 2 is 1.67 bits per heavy atom. The molecular formula is C21H19N5O. The molecule has 0 aliphatic carbocycles. The number of carbonyl (C=O) groups is 1. The minimum absolute atomic E-state index is 0.264. The maximum Gasteiger partial charge on any atom is 0.274 e. The fraction of sp³-hybridized carbons (Fsp3) is 0.143. The summed E-state index contributed by atoms with van der Waals surface area (Å²) in [5.41, 5.74) is 5.57. The molecule has 27 heavy (non-hydrogen) atoms. The van der Waals surface area contributed by atoms with Crippen LogP contribution in [0.25, 0.3) is 0 Å². The minimum atomic E-state index is -0.296. The molecule has 0 aliphatic rings. The zero-order valence-electron chi connectivity index (χ0n) is 15.4. The molecule has 1 amide bonds. The fourth-order valence-corrected chi connectivity index (χ4v) is 2.88. The predicted molar refractivity (Wildman–Crippen MR) is 105 cm³/mol. The summed E-state index contributed by atoms with van der Waals surface area (Å²) in [4.78, 5) is 20.8. The Kier molecular flexibility index (Phi) is 5.13. The molecule has 0 saturated heterocycles. The zero-order chi connectivity index (χ0) is 19.4. The summed E-state index contributed by atoms with van der Waals surface area (Å²) in [6.45, 7) is 5.96. The number of anilines is 3. The molecule has 0 fully saturated rings. The Morgan fingerprint density at radius 1 is 1.00 bits per heavy atom. The summed E-state index contributed by atoms with van der Waals surface area (Å²) < 4.78 is 0. The molecular weight excluding hydrogens is 338 g/mol. The number of hydrogen-bond acceptors (Lipinski definition) is 5. The Hall–Kier alpha value is -3.72. The number of carbonyl (C=O) groups excluding carboxylic acids is 1. The normalized spacial score (nSPS) is 10.1. The van der Waals surface area contributed by atoms with Gasteiger partial charge in [0.2, 0.25) is 0 Å². The summed E-state index contributed by atoms with van der Waals surface area (Å²) in [7, 11) is 0. The SMILES string of the molecule is Cc1cc(C)c(NC(=O)c2cc(Nc3ccc(C#N)cc3)ncn2)c(C)c1. The van der Waals surface area contributed by atoms with Crippen molar-refractivity contribution in [3.8, 4) is 6.07 Å². The van der Waals surface area contributed by atoms with Crippen LogP contribution in [-0.2, 0) is 0 Å². The number of rotatable bonds is 4. The smallest absolute Gasteiger partial charge is 0.274 e. The number of nitrogens with zero attached hydrogens (tertiary/aromatic N) is 3. The van der Waals surface area contributed by atoms with E-state index < -0.39 is 0 Å². The summed E-state index contributed by atoms with van der Waals surface area (Å²) >= 11 is 0. The Bertz CT molecular complexity index is 1010. The van der Waals surface area contributed by atoms with Crippen LogP contribution in [0, 0.1) is 32.1 Å². The highest BCUT2D eigenvalue weighted by Gasteiger charge is 2.12. The number of aryl methyl sites for hydroxylation is 3. The van der Waals surface area contributed by atoms with Crippen molar-refractivity contribution in [3.05, 3.63) is 76.7 Å². The van der Waals surface area contributed by atoms with E-state index in [9.17, 15) is 4.79 Å². The lowest BCUT2D eigenvalue weighted by atomic mass is 10.0. The quantitative estimate of drug-likeness (QED) is 0.728. The van der Waals surface area contributed by atoms with Crippen LogP contribution in [0.3, 0.4) is 0 Å². The third-order valence-electron chi connectivity index (χ3n) is 4.10. The molecule has 1 aromatic heterocycles. The molecule has 2 aromatic carbocycles. The molecule has 0 spiro atoms. The van der Waals surface area contributed by atoms with Gasteiger partial charge in [-0.3, -0.25) is 4.79 Å². The monoisotopic (exact) mass is 357 g/mol. The average molecular weight is 357 g/mol. The summed E-state index contributed by atoms with van der Waals surface area (Å²) in [6, 6.07) is 14.7. The molecule has 6 heteroatoms. The van der Waals surface area contributed by atoms with Gasteiger partial charge in [0.05, 0.1) is 11.6 Å². The molecule has 3 rings (SSSR count). The lowest BCUT2D eigenvalue weighted by Gasteiger charge is -2.13. The molecule has 0 unspecified atom stereocenters. The van der Waals surface area contributed by atoms with E-state index in [1.807, 2.05) is 32.9 Å². The molecule has 2 N–H and O–H groups in total. The summed E-state index contributed by atoms with van der Waals surface area (Å²) in [6.07, 6.45) is 1.34. The Labute approximate surface area is 157 Å². The standard InChI is InChI=1S/C21H19N5O/c1-13-8-14(2)20(15(3)9-13)26-21(27)18-10-19(24-12-23-18)25-17-6-4-16(11-22)5-7-17/h4-10,12H,1-3H3,(H,26,27)(H,23,24,25).